The van der Waals surface area contributed by atoms with E-state index in [1.807, 2.05) is 12.1 Å². The number of carbonyl (C=O) groups is 2. The number of hydrogen-bond donors (Lipinski definition) is 2. The summed E-state index contributed by atoms with van der Waals surface area (Å²) in [5, 5.41) is 14.7. The van der Waals surface area contributed by atoms with Crippen molar-refractivity contribution < 1.29 is 19.1 Å². The molecule has 10 heteroatoms. The molecule has 8 nitrogen and oxygen atoms in total. The van der Waals surface area contributed by atoms with Gasteiger partial charge in [0.25, 0.3) is 12.4 Å². The molecule has 35 heavy (non-hydrogen) atoms. The molecule has 174 valence electrons. The summed E-state index contributed by atoms with van der Waals surface area (Å²) in [6.07, 6.45) is 3.26. The lowest BCUT2D eigenvalue weighted by molar-refractivity contribution is -0.122. The van der Waals surface area contributed by atoms with Gasteiger partial charge >= 0.3 is 0 Å². The van der Waals surface area contributed by atoms with Gasteiger partial charge in [0.05, 0.1) is 5.69 Å². The normalized spacial score (nSPS) is 10.3. The van der Waals surface area contributed by atoms with Crippen molar-refractivity contribution in [3.05, 3.63) is 102 Å². The molecule has 0 saturated heterocycles. The number of amides is 1. The van der Waals surface area contributed by atoms with Crippen LogP contribution in [0, 0.1) is 5.82 Å². The predicted molar refractivity (Wildman–Crippen MR) is 130 cm³/mol. The Morgan fingerprint density at radius 1 is 1.00 bits per heavy atom. The van der Waals surface area contributed by atoms with Gasteiger partial charge in [-0.15, -0.1) is 0 Å². The van der Waals surface area contributed by atoms with Crippen molar-refractivity contribution in [1.82, 2.24) is 19.6 Å². The molecule has 0 radical (unpaired) electrons. The van der Waals surface area contributed by atoms with Crippen LogP contribution < -0.4 is 5.32 Å². The van der Waals surface area contributed by atoms with E-state index in [0.29, 0.717) is 33.4 Å². The van der Waals surface area contributed by atoms with E-state index in [0.717, 1.165) is 11.1 Å². The van der Waals surface area contributed by atoms with Crippen LogP contribution in [0.1, 0.15) is 10.4 Å². The Labute approximate surface area is 203 Å². The average Bonchev–Trinajstić information content (AvgIpc) is 3.25. The minimum atomic E-state index is -0.326. The highest BCUT2D eigenvalue weighted by molar-refractivity contribution is 6.30. The number of imidazole rings is 1. The zero-order valence-corrected chi connectivity index (χ0v) is 18.7. The van der Waals surface area contributed by atoms with Gasteiger partial charge in [0.1, 0.15) is 17.3 Å². The molecule has 0 bridgehead atoms. The van der Waals surface area contributed by atoms with E-state index < -0.39 is 0 Å². The highest BCUT2D eigenvalue weighted by atomic mass is 35.5. The molecule has 0 aliphatic rings. The molecule has 5 rings (SSSR count). The highest BCUT2D eigenvalue weighted by Crippen LogP contribution is 2.33. The third kappa shape index (κ3) is 5.31. The number of fused-ring (bicyclic) bond motifs is 1. The standard InChI is InChI=1S/C24H15ClFN5O.CH2O2/c25-18-7-3-16(4-8-18)24(32)29-20-14-17(11-13-27-20)23-22(15-5-9-19(26)10-6-15)30-21-2-1-12-28-31(21)23;2-1-3/h1-14H,(H,27,29,32);1H,(H,2,3). The maximum Gasteiger partial charge on any atom is 0.290 e. The summed E-state index contributed by atoms with van der Waals surface area (Å²) in [6.45, 7) is -0.250. The van der Waals surface area contributed by atoms with Crippen LogP contribution in [0.25, 0.3) is 28.2 Å². The van der Waals surface area contributed by atoms with Crippen molar-refractivity contribution in [2.45, 2.75) is 0 Å². The van der Waals surface area contributed by atoms with Gasteiger partial charge in [0.15, 0.2) is 5.65 Å². The first kappa shape index (κ1) is 23.5. The van der Waals surface area contributed by atoms with E-state index in [4.69, 9.17) is 26.5 Å². The number of pyridine rings is 1. The molecule has 3 heterocycles. The molecule has 3 aromatic heterocycles. The van der Waals surface area contributed by atoms with E-state index in [2.05, 4.69) is 15.4 Å². The minimum Gasteiger partial charge on any atom is -0.483 e. The fraction of sp³-hybridized carbons (Fsp3) is 0. The zero-order chi connectivity index (χ0) is 24.8. The summed E-state index contributed by atoms with van der Waals surface area (Å²) in [6, 6.07) is 19.9. The number of nitrogens with one attached hydrogen (secondary N) is 1. The molecular weight excluding hydrogens is 473 g/mol. The number of halogens is 2. The van der Waals surface area contributed by atoms with Gasteiger partial charge in [-0.3, -0.25) is 9.59 Å². The van der Waals surface area contributed by atoms with Gasteiger partial charge in [-0.25, -0.2) is 18.9 Å². The zero-order valence-electron chi connectivity index (χ0n) is 18.0. The topological polar surface area (TPSA) is 109 Å². The Morgan fingerprint density at radius 3 is 2.43 bits per heavy atom. The molecule has 0 aliphatic carbocycles. The summed E-state index contributed by atoms with van der Waals surface area (Å²) < 4.78 is 15.2. The average molecular weight is 490 g/mol. The van der Waals surface area contributed by atoms with Crippen LogP contribution in [0.15, 0.2) is 85.2 Å². The number of rotatable bonds is 4. The van der Waals surface area contributed by atoms with E-state index in [-0.39, 0.29) is 18.2 Å². The van der Waals surface area contributed by atoms with Crippen LogP contribution in [0.4, 0.5) is 10.2 Å². The molecule has 2 N–H and O–H groups in total. The Bertz CT molecular complexity index is 1490. The second-order valence-electron chi connectivity index (χ2n) is 7.11. The molecule has 0 atom stereocenters. The van der Waals surface area contributed by atoms with Crippen LogP contribution in [-0.2, 0) is 4.79 Å². The van der Waals surface area contributed by atoms with Crippen molar-refractivity contribution in [3.8, 4) is 22.5 Å². The molecule has 1 amide bonds. The molecule has 0 aliphatic heterocycles. The first-order valence-corrected chi connectivity index (χ1v) is 10.6. The van der Waals surface area contributed by atoms with Gasteiger partial charge in [-0.1, -0.05) is 11.6 Å². The Kier molecular flexibility index (Phi) is 7.08. The maximum absolute atomic E-state index is 13.5. The number of nitrogens with zero attached hydrogens (tertiary/aromatic N) is 4. The molecule has 0 saturated carbocycles. The van der Waals surface area contributed by atoms with E-state index in [9.17, 15) is 9.18 Å². The Hall–Kier alpha value is -4.63. The lowest BCUT2D eigenvalue weighted by Crippen LogP contribution is -2.12. The van der Waals surface area contributed by atoms with Crippen LogP contribution in [0.2, 0.25) is 5.02 Å². The fourth-order valence-corrected chi connectivity index (χ4v) is 3.52. The van der Waals surface area contributed by atoms with Crippen LogP contribution >= 0.6 is 11.6 Å². The number of carboxylic acid groups (broad SMARTS) is 1. The van der Waals surface area contributed by atoms with Crippen molar-refractivity contribution in [1.29, 1.82) is 0 Å². The van der Waals surface area contributed by atoms with Crippen molar-refractivity contribution >= 4 is 35.4 Å². The molecule has 0 fully saturated rings. The SMILES string of the molecule is O=C(Nc1cc(-c2c(-c3ccc(F)cc3)nc3cccnn23)ccn1)c1ccc(Cl)cc1.O=CO. The molecular formula is C25H17ClFN5O3. The fourth-order valence-electron chi connectivity index (χ4n) is 3.39. The van der Waals surface area contributed by atoms with Crippen molar-refractivity contribution in [2.75, 3.05) is 5.32 Å². The monoisotopic (exact) mass is 489 g/mol. The largest absolute Gasteiger partial charge is 0.483 e. The quantitative estimate of drug-likeness (QED) is 0.336. The summed E-state index contributed by atoms with van der Waals surface area (Å²) in [4.78, 5) is 29.9. The summed E-state index contributed by atoms with van der Waals surface area (Å²) in [5.41, 5.74) is 3.95. The van der Waals surface area contributed by atoms with Crippen molar-refractivity contribution in [3.63, 3.8) is 0 Å². The van der Waals surface area contributed by atoms with Crippen LogP contribution in [0.3, 0.4) is 0 Å². The summed E-state index contributed by atoms with van der Waals surface area (Å²) in [7, 11) is 0. The first-order valence-electron chi connectivity index (χ1n) is 10.2. The number of aromatic nitrogens is 4. The van der Waals surface area contributed by atoms with Gasteiger partial charge < -0.3 is 10.4 Å². The number of carbonyl (C=O) groups excluding carboxylic acids is 1. The first-order chi connectivity index (χ1) is 17.0. The Balaban J connectivity index is 0.000000917. The van der Waals surface area contributed by atoms with Gasteiger partial charge in [-0.05, 0) is 72.8 Å². The molecule has 5 aromatic rings. The molecule has 0 spiro atoms. The third-order valence-electron chi connectivity index (χ3n) is 4.89. The maximum atomic E-state index is 13.5. The van der Waals surface area contributed by atoms with Gasteiger partial charge in [0.2, 0.25) is 0 Å². The van der Waals surface area contributed by atoms with Gasteiger partial charge in [0, 0.05) is 34.1 Å². The number of anilines is 1. The van der Waals surface area contributed by atoms with Crippen LogP contribution in [0.5, 0.6) is 0 Å². The number of hydrogen-bond acceptors (Lipinski definition) is 5. The Morgan fingerprint density at radius 2 is 1.71 bits per heavy atom. The van der Waals surface area contributed by atoms with E-state index >= 15 is 0 Å². The second kappa shape index (κ2) is 10.5. The minimum absolute atomic E-state index is 0.250. The van der Waals surface area contributed by atoms with Gasteiger partial charge in [-0.2, -0.15) is 5.10 Å². The lowest BCUT2D eigenvalue weighted by Gasteiger charge is -2.08. The smallest absolute Gasteiger partial charge is 0.290 e. The lowest BCUT2D eigenvalue weighted by atomic mass is 10.1. The third-order valence-corrected chi connectivity index (χ3v) is 5.14. The predicted octanol–water partition coefficient (Wildman–Crippen LogP) is 5.20. The highest BCUT2D eigenvalue weighted by Gasteiger charge is 2.18. The molecule has 0 unspecified atom stereocenters. The summed E-state index contributed by atoms with van der Waals surface area (Å²) in [5.74, 6) is -0.256. The van der Waals surface area contributed by atoms with E-state index in [1.165, 1.54) is 12.1 Å². The summed E-state index contributed by atoms with van der Waals surface area (Å²) >= 11 is 5.90. The van der Waals surface area contributed by atoms with E-state index in [1.54, 1.807) is 65.4 Å². The number of benzene rings is 2. The second-order valence-corrected chi connectivity index (χ2v) is 7.54. The molecule has 2 aromatic carbocycles. The van der Waals surface area contributed by atoms with Crippen LogP contribution in [-0.4, -0.2) is 37.1 Å². The van der Waals surface area contributed by atoms with Crippen molar-refractivity contribution in [2.24, 2.45) is 0 Å².